The lowest BCUT2D eigenvalue weighted by atomic mass is 9.95. The first kappa shape index (κ1) is 21.2. The van der Waals surface area contributed by atoms with Gasteiger partial charge < -0.3 is 29.4 Å². The molecule has 1 aromatic heterocycles. The summed E-state index contributed by atoms with van der Waals surface area (Å²) in [5.74, 6) is 0.751. The average Bonchev–Trinajstić information content (AvgIpc) is 3.31. The molecule has 0 saturated carbocycles. The van der Waals surface area contributed by atoms with Gasteiger partial charge in [0.15, 0.2) is 11.5 Å². The molecule has 1 aliphatic heterocycles. The Morgan fingerprint density at radius 2 is 1.81 bits per heavy atom. The summed E-state index contributed by atoms with van der Waals surface area (Å²) in [5, 5.41) is 2.91. The molecule has 1 aliphatic rings. The third kappa shape index (κ3) is 3.96. The van der Waals surface area contributed by atoms with Crippen LogP contribution in [0.4, 0.5) is 10.5 Å². The number of aromatic nitrogens is 2. The molecular formula is C23H24N4O5. The molecule has 0 aliphatic carbocycles. The summed E-state index contributed by atoms with van der Waals surface area (Å²) in [4.78, 5) is 34.3. The van der Waals surface area contributed by atoms with Crippen molar-refractivity contribution in [1.29, 1.82) is 0 Å². The quantitative estimate of drug-likeness (QED) is 0.594. The molecule has 32 heavy (non-hydrogen) atoms. The normalized spacial score (nSPS) is 15.0. The van der Waals surface area contributed by atoms with Gasteiger partial charge in [-0.25, -0.2) is 14.6 Å². The number of anilines is 1. The maximum atomic E-state index is 13.3. The van der Waals surface area contributed by atoms with Crippen LogP contribution in [0.15, 0.2) is 48.8 Å². The molecule has 2 amide bonds. The van der Waals surface area contributed by atoms with Gasteiger partial charge in [0.2, 0.25) is 0 Å². The topological polar surface area (TPSA) is 106 Å². The predicted molar refractivity (Wildman–Crippen MR) is 117 cm³/mol. The Morgan fingerprint density at radius 1 is 1.06 bits per heavy atom. The van der Waals surface area contributed by atoms with E-state index in [1.54, 1.807) is 49.7 Å². The minimum Gasteiger partial charge on any atom is -0.493 e. The van der Waals surface area contributed by atoms with E-state index in [9.17, 15) is 9.59 Å². The Balaban J connectivity index is 1.63. The van der Waals surface area contributed by atoms with Crippen LogP contribution in [0.25, 0.3) is 0 Å². The number of hydrogen-bond acceptors (Lipinski definition) is 6. The van der Waals surface area contributed by atoms with Crippen molar-refractivity contribution in [2.45, 2.75) is 12.5 Å². The molecule has 0 bridgehead atoms. The van der Waals surface area contributed by atoms with Crippen molar-refractivity contribution < 1.29 is 23.8 Å². The lowest BCUT2D eigenvalue weighted by Crippen LogP contribution is -2.43. The molecule has 9 nitrogen and oxygen atoms in total. The number of aromatic amines is 1. The molecule has 0 radical (unpaired) electrons. The fourth-order valence-corrected chi connectivity index (χ4v) is 3.86. The summed E-state index contributed by atoms with van der Waals surface area (Å²) < 4.78 is 15.5. The average molecular weight is 436 g/mol. The second-order valence-electron chi connectivity index (χ2n) is 7.23. The number of imidazole rings is 1. The SMILES string of the molecule is COC(=O)c1ccc(NC(=O)N2CCc3[nH]cnc3[C@H]2c2ccc(OC)c(OC)c2)cc1. The summed E-state index contributed by atoms with van der Waals surface area (Å²) in [5.41, 5.74) is 3.62. The first-order valence-corrected chi connectivity index (χ1v) is 10.1. The Bertz CT molecular complexity index is 1130. The van der Waals surface area contributed by atoms with Crippen LogP contribution < -0.4 is 14.8 Å². The number of amides is 2. The fourth-order valence-electron chi connectivity index (χ4n) is 3.86. The van der Waals surface area contributed by atoms with Gasteiger partial charge in [-0.1, -0.05) is 6.07 Å². The number of nitrogens with zero attached hydrogens (tertiary/aromatic N) is 2. The van der Waals surface area contributed by atoms with Crippen molar-refractivity contribution >= 4 is 17.7 Å². The summed E-state index contributed by atoms with van der Waals surface area (Å²) in [6, 6.07) is 11.4. The highest BCUT2D eigenvalue weighted by molar-refractivity contribution is 5.92. The molecule has 0 unspecified atom stereocenters. The third-order valence-electron chi connectivity index (χ3n) is 5.47. The number of nitrogens with one attached hydrogen (secondary N) is 2. The van der Waals surface area contributed by atoms with Gasteiger partial charge in [-0.05, 0) is 42.0 Å². The van der Waals surface area contributed by atoms with Gasteiger partial charge in [0, 0.05) is 24.3 Å². The van der Waals surface area contributed by atoms with Crippen LogP contribution in [-0.4, -0.2) is 54.7 Å². The van der Waals surface area contributed by atoms with Crippen LogP contribution in [0.3, 0.4) is 0 Å². The van der Waals surface area contributed by atoms with Crippen LogP contribution in [0.2, 0.25) is 0 Å². The summed E-state index contributed by atoms with van der Waals surface area (Å²) in [7, 11) is 4.48. The predicted octanol–water partition coefficient (Wildman–Crippen LogP) is 3.39. The zero-order valence-electron chi connectivity index (χ0n) is 18.0. The number of carbonyl (C=O) groups is 2. The second kappa shape index (κ2) is 9.01. The van der Waals surface area contributed by atoms with Gasteiger partial charge in [-0.15, -0.1) is 0 Å². The molecule has 1 atom stereocenters. The molecule has 2 heterocycles. The Labute approximate surface area is 185 Å². The van der Waals surface area contributed by atoms with E-state index in [-0.39, 0.29) is 6.03 Å². The highest BCUT2D eigenvalue weighted by Crippen LogP contribution is 2.38. The second-order valence-corrected chi connectivity index (χ2v) is 7.23. The Kier molecular flexibility index (Phi) is 5.98. The van der Waals surface area contributed by atoms with Crippen molar-refractivity contribution in [2.75, 3.05) is 33.2 Å². The van der Waals surface area contributed by atoms with E-state index >= 15 is 0 Å². The standard InChI is InChI=1S/C23H24N4O5/c1-30-18-9-6-15(12-19(18)31-2)21-20-17(24-13-25-20)10-11-27(21)23(29)26-16-7-4-14(5-8-16)22(28)32-3/h4-9,12-13,21H,10-11H2,1-3H3,(H,24,25)(H,26,29)/t21-/m1/s1. The number of esters is 1. The van der Waals surface area contributed by atoms with E-state index < -0.39 is 12.0 Å². The minimum atomic E-state index is -0.432. The fraction of sp³-hybridized carbons (Fsp3) is 0.261. The number of hydrogen-bond donors (Lipinski definition) is 2. The number of carbonyl (C=O) groups excluding carboxylic acids is 2. The molecule has 0 spiro atoms. The summed E-state index contributed by atoms with van der Waals surface area (Å²) >= 11 is 0. The third-order valence-corrected chi connectivity index (χ3v) is 5.47. The van der Waals surface area contributed by atoms with Crippen LogP contribution in [-0.2, 0) is 11.2 Å². The smallest absolute Gasteiger partial charge is 0.337 e. The zero-order valence-corrected chi connectivity index (χ0v) is 18.0. The lowest BCUT2D eigenvalue weighted by molar-refractivity contribution is 0.0600. The van der Waals surface area contributed by atoms with Gasteiger partial charge in [-0.2, -0.15) is 0 Å². The molecule has 0 fully saturated rings. The largest absolute Gasteiger partial charge is 0.493 e. The van der Waals surface area contributed by atoms with Crippen molar-refractivity contribution in [2.24, 2.45) is 0 Å². The van der Waals surface area contributed by atoms with Crippen LogP contribution in [0.5, 0.6) is 11.5 Å². The highest BCUT2D eigenvalue weighted by Gasteiger charge is 2.34. The van der Waals surface area contributed by atoms with Crippen molar-refractivity contribution in [3.8, 4) is 11.5 Å². The van der Waals surface area contributed by atoms with Gasteiger partial charge in [0.25, 0.3) is 0 Å². The molecular weight excluding hydrogens is 412 g/mol. The van der Waals surface area contributed by atoms with E-state index in [2.05, 4.69) is 15.3 Å². The Morgan fingerprint density at radius 3 is 2.50 bits per heavy atom. The van der Waals surface area contributed by atoms with E-state index in [4.69, 9.17) is 14.2 Å². The molecule has 9 heteroatoms. The van der Waals surface area contributed by atoms with Crippen molar-refractivity contribution in [3.63, 3.8) is 0 Å². The first-order valence-electron chi connectivity index (χ1n) is 10.1. The van der Waals surface area contributed by atoms with E-state index in [0.29, 0.717) is 35.7 Å². The number of rotatable bonds is 5. The van der Waals surface area contributed by atoms with Crippen LogP contribution in [0.1, 0.15) is 33.4 Å². The molecule has 3 aromatic rings. The van der Waals surface area contributed by atoms with Crippen LogP contribution >= 0.6 is 0 Å². The molecule has 2 aromatic carbocycles. The van der Waals surface area contributed by atoms with E-state index in [1.165, 1.54) is 7.11 Å². The number of ether oxygens (including phenoxy) is 3. The van der Waals surface area contributed by atoms with Gasteiger partial charge >= 0.3 is 12.0 Å². The van der Waals surface area contributed by atoms with E-state index in [0.717, 1.165) is 17.0 Å². The van der Waals surface area contributed by atoms with E-state index in [1.807, 2.05) is 18.2 Å². The highest BCUT2D eigenvalue weighted by atomic mass is 16.5. The molecule has 166 valence electrons. The molecule has 2 N–H and O–H groups in total. The van der Waals surface area contributed by atoms with Gasteiger partial charge in [-0.3, -0.25) is 0 Å². The monoisotopic (exact) mass is 436 g/mol. The maximum Gasteiger partial charge on any atom is 0.337 e. The molecule has 4 rings (SSSR count). The lowest BCUT2D eigenvalue weighted by Gasteiger charge is -2.35. The zero-order chi connectivity index (χ0) is 22.7. The maximum absolute atomic E-state index is 13.3. The van der Waals surface area contributed by atoms with Gasteiger partial charge in [0.05, 0.1) is 38.9 Å². The summed E-state index contributed by atoms with van der Waals surface area (Å²) in [6.45, 7) is 0.500. The Hall–Kier alpha value is -4.01. The summed E-state index contributed by atoms with van der Waals surface area (Å²) in [6.07, 6.45) is 2.30. The number of urea groups is 1. The van der Waals surface area contributed by atoms with Crippen molar-refractivity contribution in [3.05, 3.63) is 71.3 Å². The number of H-pyrrole nitrogens is 1. The number of fused-ring (bicyclic) bond motifs is 1. The molecule has 0 saturated heterocycles. The van der Waals surface area contributed by atoms with Gasteiger partial charge in [0.1, 0.15) is 6.04 Å². The van der Waals surface area contributed by atoms with Crippen molar-refractivity contribution in [1.82, 2.24) is 14.9 Å². The number of benzene rings is 2. The van der Waals surface area contributed by atoms with Crippen LogP contribution in [0, 0.1) is 0 Å². The minimum absolute atomic E-state index is 0.274. The number of methoxy groups -OCH3 is 3. The first-order chi connectivity index (χ1) is 15.5.